The number of nitrogens with one attached hydrogen (secondary N) is 1. The van der Waals surface area contributed by atoms with Crippen molar-refractivity contribution >= 4 is 18.0 Å². The van der Waals surface area contributed by atoms with Crippen LogP contribution in [0.15, 0.2) is 48.5 Å². The minimum atomic E-state index is -1.04. The van der Waals surface area contributed by atoms with E-state index in [1.165, 1.54) is 16.0 Å². The molecule has 2 aliphatic rings. The van der Waals surface area contributed by atoms with Gasteiger partial charge in [0.05, 0.1) is 6.61 Å². The van der Waals surface area contributed by atoms with Crippen molar-refractivity contribution in [1.29, 1.82) is 0 Å². The van der Waals surface area contributed by atoms with Crippen molar-refractivity contribution < 1.29 is 29.0 Å². The molecule has 1 saturated carbocycles. The summed E-state index contributed by atoms with van der Waals surface area (Å²) in [5.74, 6) is -1.02. The second-order valence-electron chi connectivity index (χ2n) is 8.42. The van der Waals surface area contributed by atoms with Gasteiger partial charge in [-0.25, -0.2) is 4.79 Å². The Kier molecular flexibility index (Phi) is 7.24. The van der Waals surface area contributed by atoms with Crippen molar-refractivity contribution in [3.8, 4) is 11.1 Å². The Morgan fingerprint density at radius 1 is 1.00 bits per heavy atom. The average Bonchev–Trinajstić information content (AvgIpc) is 3.57. The molecule has 8 heteroatoms. The summed E-state index contributed by atoms with van der Waals surface area (Å²) in [7, 11) is 0. The number of aliphatic carboxylic acids is 1. The lowest BCUT2D eigenvalue weighted by molar-refractivity contribution is -0.146. The molecular weight excluding hydrogens is 424 g/mol. The topological polar surface area (TPSA) is 105 Å². The molecular formula is C25H28N2O6. The maximum absolute atomic E-state index is 12.2. The highest BCUT2D eigenvalue weighted by molar-refractivity contribution is 5.82. The SMILES string of the molecule is O=C(O)CN(CC1CC1)C(=O)COCCNC(=O)OCC1c2ccccc2-c2ccccc21. The van der Waals surface area contributed by atoms with E-state index in [0.717, 1.165) is 24.0 Å². The summed E-state index contributed by atoms with van der Waals surface area (Å²) in [4.78, 5) is 36.6. The van der Waals surface area contributed by atoms with Gasteiger partial charge in [-0.1, -0.05) is 48.5 Å². The maximum Gasteiger partial charge on any atom is 0.407 e. The molecule has 1 fully saturated rings. The van der Waals surface area contributed by atoms with E-state index in [2.05, 4.69) is 29.6 Å². The number of alkyl carbamates (subject to hydrolysis) is 1. The largest absolute Gasteiger partial charge is 0.480 e. The van der Waals surface area contributed by atoms with E-state index in [9.17, 15) is 14.4 Å². The van der Waals surface area contributed by atoms with E-state index in [4.69, 9.17) is 14.6 Å². The fraction of sp³-hybridized carbons (Fsp3) is 0.400. The Morgan fingerprint density at radius 3 is 2.24 bits per heavy atom. The smallest absolute Gasteiger partial charge is 0.407 e. The van der Waals surface area contributed by atoms with Gasteiger partial charge >= 0.3 is 12.1 Å². The van der Waals surface area contributed by atoms with Gasteiger partial charge < -0.3 is 24.8 Å². The van der Waals surface area contributed by atoms with Crippen LogP contribution in [0.5, 0.6) is 0 Å². The first-order valence-corrected chi connectivity index (χ1v) is 11.2. The van der Waals surface area contributed by atoms with Gasteiger partial charge in [0.15, 0.2) is 0 Å². The number of benzene rings is 2. The van der Waals surface area contributed by atoms with Gasteiger partial charge in [-0.3, -0.25) is 9.59 Å². The van der Waals surface area contributed by atoms with Gasteiger partial charge in [-0.05, 0) is 41.0 Å². The zero-order chi connectivity index (χ0) is 23.2. The molecule has 33 heavy (non-hydrogen) atoms. The van der Waals surface area contributed by atoms with Crippen molar-refractivity contribution in [2.75, 3.05) is 39.5 Å². The van der Waals surface area contributed by atoms with Crippen LogP contribution >= 0.6 is 0 Å². The van der Waals surface area contributed by atoms with Gasteiger partial charge in [0.1, 0.15) is 19.8 Å². The molecule has 2 aliphatic carbocycles. The molecule has 0 saturated heterocycles. The number of ether oxygens (including phenoxy) is 2. The van der Waals surface area contributed by atoms with E-state index in [0.29, 0.717) is 12.5 Å². The van der Waals surface area contributed by atoms with E-state index in [1.807, 2.05) is 24.3 Å². The maximum atomic E-state index is 12.2. The first-order chi connectivity index (χ1) is 16.0. The molecule has 0 atom stereocenters. The molecule has 4 rings (SSSR count). The third-order valence-corrected chi connectivity index (χ3v) is 5.94. The van der Waals surface area contributed by atoms with Crippen molar-refractivity contribution in [2.45, 2.75) is 18.8 Å². The molecule has 2 aromatic carbocycles. The van der Waals surface area contributed by atoms with Crippen LogP contribution in [0.1, 0.15) is 29.9 Å². The number of carboxylic acid groups (broad SMARTS) is 1. The number of amides is 2. The quantitative estimate of drug-likeness (QED) is 0.508. The Labute approximate surface area is 192 Å². The molecule has 0 aromatic heterocycles. The van der Waals surface area contributed by atoms with Crippen molar-refractivity contribution in [1.82, 2.24) is 10.2 Å². The summed E-state index contributed by atoms with van der Waals surface area (Å²) in [6, 6.07) is 16.2. The fourth-order valence-electron chi connectivity index (χ4n) is 4.16. The second-order valence-corrected chi connectivity index (χ2v) is 8.42. The number of hydrogen-bond donors (Lipinski definition) is 2. The third-order valence-electron chi connectivity index (χ3n) is 5.94. The molecule has 0 aliphatic heterocycles. The first kappa shape index (κ1) is 22.8. The van der Waals surface area contributed by atoms with Gasteiger partial charge in [-0.2, -0.15) is 0 Å². The van der Waals surface area contributed by atoms with E-state index in [-0.39, 0.29) is 44.7 Å². The normalized spacial score (nSPS) is 14.3. The summed E-state index contributed by atoms with van der Waals surface area (Å²) in [6.45, 7) is 0.450. The Morgan fingerprint density at radius 2 is 1.64 bits per heavy atom. The van der Waals surface area contributed by atoms with E-state index < -0.39 is 12.1 Å². The Hall–Kier alpha value is -3.39. The zero-order valence-corrected chi connectivity index (χ0v) is 18.4. The predicted octanol–water partition coefficient (Wildman–Crippen LogP) is 2.86. The van der Waals surface area contributed by atoms with Crippen molar-refractivity contribution in [3.05, 3.63) is 59.7 Å². The standard InChI is InChI=1S/C25H28N2O6/c28-23(27(14-24(29)30)13-17-9-10-17)16-32-12-11-26-25(31)33-15-22-20-7-3-1-5-18(20)19-6-2-4-8-21(19)22/h1-8,17,22H,9-16H2,(H,26,31)(H,29,30). The lowest BCUT2D eigenvalue weighted by atomic mass is 9.98. The number of hydrogen-bond acceptors (Lipinski definition) is 5. The van der Waals surface area contributed by atoms with Gasteiger partial charge in [0, 0.05) is 19.0 Å². The lowest BCUT2D eigenvalue weighted by Gasteiger charge is -2.20. The summed E-state index contributed by atoms with van der Waals surface area (Å²) < 4.78 is 10.8. The number of carboxylic acids is 1. The molecule has 2 aromatic rings. The van der Waals surface area contributed by atoms with Crippen LogP contribution in [0, 0.1) is 5.92 Å². The van der Waals surface area contributed by atoms with Gasteiger partial charge in [-0.15, -0.1) is 0 Å². The molecule has 0 radical (unpaired) electrons. The van der Waals surface area contributed by atoms with E-state index >= 15 is 0 Å². The predicted molar refractivity (Wildman–Crippen MR) is 121 cm³/mol. The van der Waals surface area contributed by atoms with Gasteiger partial charge in [0.25, 0.3) is 0 Å². The van der Waals surface area contributed by atoms with Crippen molar-refractivity contribution in [2.24, 2.45) is 5.92 Å². The molecule has 0 unspecified atom stereocenters. The molecule has 2 N–H and O–H groups in total. The van der Waals surface area contributed by atoms with Gasteiger partial charge in [0.2, 0.25) is 5.91 Å². The average molecular weight is 453 g/mol. The monoisotopic (exact) mass is 452 g/mol. The Balaban J connectivity index is 1.18. The third kappa shape index (κ3) is 5.90. The molecule has 174 valence electrons. The lowest BCUT2D eigenvalue weighted by Crippen LogP contribution is -2.40. The molecule has 0 heterocycles. The first-order valence-electron chi connectivity index (χ1n) is 11.2. The van der Waals surface area contributed by atoms with Crippen LogP contribution < -0.4 is 5.32 Å². The molecule has 0 spiro atoms. The highest BCUT2D eigenvalue weighted by Crippen LogP contribution is 2.44. The van der Waals surface area contributed by atoms with Crippen LogP contribution in [0.2, 0.25) is 0 Å². The molecule has 8 nitrogen and oxygen atoms in total. The summed E-state index contributed by atoms with van der Waals surface area (Å²) in [5, 5.41) is 11.6. The highest BCUT2D eigenvalue weighted by Gasteiger charge is 2.29. The minimum absolute atomic E-state index is 0.0105. The number of carbonyl (C=O) groups is 3. The number of carbonyl (C=O) groups excluding carboxylic acids is 2. The summed E-state index contributed by atoms with van der Waals surface area (Å²) in [6.07, 6.45) is 1.50. The fourth-order valence-corrected chi connectivity index (χ4v) is 4.16. The number of fused-ring (bicyclic) bond motifs is 3. The highest BCUT2D eigenvalue weighted by atomic mass is 16.5. The zero-order valence-electron chi connectivity index (χ0n) is 18.4. The summed E-state index contributed by atoms with van der Waals surface area (Å²) >= 11 is 0. The molecule has 0 bridgehead atoms. The van der Waals surface area contributed by atoms with Crippen LogP contribution in [0.3, 0.4) is 0 Å². The van der Waals surface area contributed by atoms with E-state index in [1.54, 1.807) is 0 Å². The number of rotatable bonds is 11. The van der Waals surface area contributed by atoms with Crippen molar-refractivity contribution in [3.63, 3.8) is 0 Å². The Bertz CT molecular complexity index is 974. The summed E-state index contributed by atoms with van der Waals surface area (Å²) in [5.41, 5.74) is 4.62. The second kappa shape index (κ2) is 10.5. The van der Waals surface area contributed by atoms with Crippen LogP contribution in [0.25, 0.3) is 11.1 Å². The van der Waals surface area contributed by atoms with Crippen LogP contribution in [0.4, 0.5) is 4.79 Å². The number of nitrogens with zero attached hydrogens (tertiary/aromatic N) is 1. The molecule has 2 amide bonds. The minimum Gasteiger partial charge on any atom is -0.480 e. The van der Waals surface area contributed by atoms with Crippen LogP contribution in [-0.4, -0.2) is 67.4 Å². The van der Waals surface area contributed by atoms with Crippen LogP contribution in [-0.2, 0) is 19.1 Å².